The number of rotatable bonds is 11. The second-order valence-corrected chi connectivity index (χ2v) is 9.26. The van der Waals surface area contributed by atoms with E-state index >= 15 is 0 Å². The van der Waals surface area contributed by atoms with Crippen molar-refractivity contribution in [1.29, 1.82) is 0 Å². The van der Waals surface area contributed by atoms with Crippen LogP contribution < -0.4 is 0 Å². The number of aliphatic hydroxyl groups excluding tert-OH is 3. The first-order valence-electron chi connectivity index (χ1n) is 11.3. The summed E-state index contributed by atoms with van der Waals surface area (Å²) in [6.45, 7) is 0.255. The Bertz CT molecular complexity index is 493. The molecule has 4 atom stereocenters. The fourth-order valence-corrected chi connectivity index (χ4v) is 5.28. The van der Waals surface area contributed by atoms with Crippen LogP contribution in [0.25, 0.3) is 0 Å². The van der Waals surface area contributed by atoms with Crippen LogP contribution in [0.1, 0.15) is 77.0 Å². The molecule has 3 aliphatic rings. The third kappa shape index (κ3) is 5.42. The van der Waals surface area contributed by atoms with Crippen LogP contribution in [0.5, 0.6) is 0 Å². The van der Waals surface area contributed by atoms with Crippen LogP contribution in [0, 0.1) is 29.6 Å². The van der Waals surface area contributed by atoms with Crippen LogP contribution in [0.3, 0.4) is 0 Å². The lowest BCUT2D eigenvalue weighted by Gasteiger charge is -2.45. The second-order valence-electron chi connectivity index (χ2n) is 9.26. The Kier molecular flexibility index (Phi) is 7.92. The SMILES string of the molecule is O=C1C[C@@H](O)[C@H](C=C[C@@H](O)C2CC(C3CCC3)C2)[C@H]1CCCCCCCO. The second kappa shape index (κ2) is 10.2. The number of ketones is 1. The number of Topliss-reactive ketones (excluding diaryl/α,β-unsaturated/α-hetero) is 1. The molecule has 0 aromatic carbocycles. The minimum atomic E-state index is -0.593. The summed E-state index contributed by atoms with van der Waals surface area (Å²) in [7, 11) is 0. The lowest BCUT2D eigenvalue weighted by molar-refractivity contribution is -0.121. The van der Waals surface area contributed by atoms with Crippen LogP contribution in [-0.4, -0.2) is 39.9 Å². The Morgan fingerprint density at radius 1 is 1.04 bits per heavy atom. The maximum Gasteiger partial charge on any atom is 0.139 e. The summed E-state index contributed by atoms with van der Waals surface area (Å²) in [5.41, 5.74) is 0. The molecule has 3 aliphatic carbocycles. The summed E-state index contributed by atoms with van der Waals surface area (Å²) in [5.74, 6) is 2.05. The number of carbonyl (C=O) groups excluding carboxylic acids is 1. The van der Waals surface area contributed by atoms with Gasteiger partial charge in [-0.15, -0.1) is 0 Å². The molecule has 0 radical (unpaired) electrons. The summed E-state index contributed by atoms with van der Waals surface area (Å²) >= 11 is 0. The highest BCUT2D eigenvalue weighted by atomic mass is 16.3. The van der Waals surface area contributed by atoms with Gasteiger partial charge in [-0.25, -0.2) is 0 Å². The summed E-state index contributed by atoms with van der Waals surface area (Å²) in [6, 6.07) is 0. The van der Waals surface area contributed by atoms with Gasteiger partial charge in [0.1, 0.15) is 5.78 Å². The highest BCUT2D eigenvalue weighted by molar-refractivity contribution is 5.84. The van der Waals surface area contributed by atoms with Crippen molar-refractivity contribution in [1.82, 2.24) is 0 Å². The maximum absolute atomic E-state index is 12.3. The Hall–Kier alpha value is -0.710. The topological polar surface area (TPSA) is 77.8 Å². The van der Waals surface area contributed by atoms with Crippen molar-refractivity contribution in [2.75, 3.05) is 6.61 Å². The molecule has 4 nitrogen and oxygen atoms in total. The highest BCUT2D eigenvalue weighted by Gasteiger charge is 2.41. The first-order chi connectivity index (χ1) is 13.1. The molecule has 0 bridgehead atoms. The van der Waals surface area contributed by atoms with Crippen LogP contribution >= 0.6 is 0 Å². The van der Waals surface area contributed by atoms with Gasteiger partial charge >= 0.3 is 0 Å². The Labute approximate surface area is 164 Å². The minimum Gasteiger partial charge on any atom is -0.396 e. The maximum atomic E-state index is 12.3. The largest absolute Gasteiger partial charge is 0.396 e. The highest BCUT2D eigenvalue weighted by Crippen LogP contribution is 2.48. The van der Waals surface area contributed by atoms with E-state index in [9.17, 15) is 15.0 Å². The number of hydrogen-bond acceptors (Lipinski definition) is 4. The predicted octanol–water partition coefficient (Wildman–Crippen LogP) is 3.63. The zero-order valence-corrected chi connectivity index (χ0v) is 16.6. The molecule has 0 amide bonds. The Morgan fingerprint density at radius 2 is 1.74 bits per heavy atom. The van der Waals surface area contributed by atoms with Crippen LogP contribution in [0.4, 0.5) is 0 Å². The van der Waals surface area contributed by atoms with Gasteiger partial charge in [0.25, 0.3) is 0 Å². The third-order valence-electron chi connectivity index (χ3n) is 7.45. The van der Waals surface area contributed by atoms with E-state index in [-0.39, 0.29) is 30.6 Å². The van der Waals surface area contributed by atoms with Gasteiger partial charge < -0.3 is 15.3 Å². The van der Waals surface area contributed by atoms with E-state index in [0.29, 0.717) is 5.92 Å². The molecule has 3 fully saturated rings. The molecular weight excluding hydrogens is 340 g/mol. The zero-order valence-electron chi connectivity index (χ0n) is 16.6. The van der Waals surface area contributed by atoms with E-state index in [1.165, 1.54) is 19.3 Å². The quantitative estimate of drug-likeness (QED) is 0.379. The van der Waals surface area contributed by atoms with Crippen LogP contribution in [0.15, 0.2) is 12.2 Å². The summed E-state index contributed by atoms with van der Waals surface area (Å²) in [6.07, 6.45) is 15.3. The fraction of sp³-hybridized carbons (Fsp3) is 0.870. The van der Waals surface area contributed by atoms with Crippen molar-refractivity contribution in [3.8, 4) is 0 Å². The van der Waals surface area contributed by atoms with Crippen molar-refractivity contribution < 1.29 is 20.1 Å². The van der Waals surface area contributed by atoms with Crippen molar-refractivity contribution in [3.63, 3.8) is 0 Å². The fourth-order valence-electron chi connectivity index (χ4n) is 5.28. The molecule has 27 heavy (non-hydrogen) atoms. The van der Waals surface area contributed by atoms with E-state index in [0.717, 1.165) is 63.2 Å². The van der Waals surface area contributed by atoms with E-state index in [2.05, 4.69) is 0 Å². The standard InChI is InChI=1S/C23H38O4/c24-12-5-3-1-2-4-9-19-20(23(27)15-22(19)26)10-11-21(25)18-13-17(14-18)16-7-6-8-16/h10-11,16-21,23-25,27H,1-9,12-15H2/t17?,18?,19-,20-,21-,23-/m1/s1. The average Bonchev–Trinajstić information content (AvgIpc) is 2.83. The molecule has 4 heteroatoms. The third-order valence-corrected chi connectivity index (χ3v) is 7.45. The van der Waals surface area contributed by atoms with Crippen molar-refractivity contribution in [2.24, 2.45) is 29.6 Å². The number of carbonyl (C=O) groups is 1. The molecule has 154 valence electrons. The first kappa shape index (κ1) is 21.0. The number of unbranched alkanes of at least 4 members (excludes halogenated alkanes) is 4. The molecule has 3 rings (SSSR count). The van der Waals surface area contributed by atoms with Crippen LogP contribution in [-0.2, 0) is 4.79 Å². The van der Waals surface area contributed by atoms with E-state index in [4.69, 9.17) is 5.11 Å². The van der Waals surface area contributed by atoms with E-state index in [1.54, 1.807) is 0 Å². The van der Waals surface area contributed by atoms with Gasteiger partial charge in [0.15, 0.2) is 0 Å². The van der Waals surface area contributed by atoms with Crippen LogP contribution in [0.2, 0.25) is 0 Å². The normalized spacial score (nSPS) is 35.4. The van der Waals surface area contributed by atoms with Gasteiger partial charge in [0, 0.05) is 24.9 Å². The molecule has 0 saturated heterocycles. The molecule has 0 aromatic heterocycles. The zero-order chi connectivity index (χ0) is 19.2. The number of aliphatic hydroxyl groups is 3. The lowest BCUT2D eigenvalue weighted by Crippen LogP contribution is -2.38. The molecule has 3 N–H and O–H groups in total. The van der Waals surface area contributed by atoms with Gasteiger partial charge in [-0.2, -0.15) is 0 Å². The van der Waals surface area contributed by atoms with Gasteiger partial charge in [0.2, 0.25) is 0 Å². The summed E-state index contributed by atoms with van der Waals surface area (Å²) < 4.78 is 0. The minimum absolute atomic E-state index is 0.0922. The van der Waals surface area contributed by atoms with Gasteiger partial charge in [-0.05, 0) is 43.4 Å². The average molecular weight is 379 g/mol. The predicted molar refractivity (Wildman–Crippen MR) is 106 cm³/mol. The summed E-state index contributed by atoms with van der Waals surface area (Å²) in [5, 5.41) is 29.6. The Morgan fingerprint density at radius 3 is 2.41 bits per heavy atom. The molecule has 0 aliphatic heterocycles. The Balaban J connectivity index is 1.41. The monoisotopic (exact) mass is 378 g/mol. The van der Waals surface area contributed by atoms with Crippen molar-refractivity contribution >= 4 is 5.78 Å². The molecule has 3 saturated carbocycles. The van der Waals surface area contributed by atoms with Gasteiger partial charge in [-0.3, -0.25) is 4.79 Å². The smallest absolute Gasteiger partial charge is 0.139 e. The van der Waals surface area contributed by atoms with E-state index in [1.807, 2.05) is 12.2 Å². The van der Waals surface area contributed by atoms with Crippen molar-refractivity contribution in [2.45, 2.75) is 89.3 Å². The molecular formula is C23H38O4. The molecule has 0 heterocycles. The van der Waals surface area contributed by atoms with Crippen molar-refractivity contribution in [3.05, 3.63) is 12.2 Å². The van der Waals surface area contributed by atoms with Gasteiger partial charge in [0.05, 0.1) is 12.2 Å². The first-order valence-corrected chi connectivity index (χ1v) is 11.3. The lowest BCUT2D eigenvalue weighted by atomic mass is 9.61. The summed E-state index contributed by atoms with van der Waals surface area (Å²) in [4.78, 5) is 12.3. The number of hydrogen-bond donors (Lipinski definition) is 3. The molecule has 0 aromatic rings. The molecule has 0 unspecified atom stereocenters. The van der Waals surface area contributed by atoms with E-state index < -0.39 is 12.2 Å². The molecule has 0 spiro atoms. The van der Waals surface area contributed by atoms with Gasteiger partial charge in [-0.1, -0.05) is 57.1 Å².